The van der Waals surface area contributed by atoms with Crippen molar-refractivity contribution >= 4 is 56.5 Å². The number of carbonyl (C=O) groups excluding carboxylic acids is 2. The molecule has 9 nitrogen and oxygen atoms in total. The first-order valence-corrected chi connectivity index (χ1v) is 16.2. The number of nitrogens with zero attached hydrogens (tertiary/aromatic N) is 3. The topological polar surface area (TPSA) is 111 Å². The minimum atomic E-state index is -0.970. The Morgan fingerprint density at radius 2 is 1.78 bits per heavy atom. The van der Waals surface area contributed by atoms with E-state index in [1.165, 1.54) is 28.0 Å². The van der Waals surface area contributed by atoms with Crippen LogP contribution in [-0.2, 0) is 15.3 Å². The largest absolute Gasteiger partial charge is 0.507 e. The third kappa shape index (κ3) is 5.49. The van der Waals surface area contributed by atoms with Crippen LogP contribution in [-0.4, -0.2) is 46.8 Å². The first-order valence-electron chi connectivity index (χ1n) is 14.4. The van der Waals surface area contributed by atoms with Gasteiger partial charge in [0.1, 0.15) is 24.7 Å². The number of benzene rings is 4. The molecule has 11 heteroatoms. The smallest absolute Gasteiger partial charge is 0.301 e. The molecule has 2 aliphatic heterocycles. The minimum absolute atomic E-state index is 0.0644. The number of anilines is 1. The Kier molecular flexibility index (Phi) is 7.86. The average molecular weight is 638 g/mol. The van der Waals surface area contributed by atoms with Crippen LogP contribution in [0.2, 0.25) is 0 Å². The van der Waals surface area contributed by atoms with Gasteiger partial charge < -0.3 is 19.3 Å². The zero-order valence-corrected chi connectivity index (χ0v) is 25.8. The van der Waals surface area contributed by atoms with Gasteiger partial charge in [0.2, 0.25) is 5.13 Å². The number of carbonyl (C=O) groups is 2. The summed E-state index contributed by atoms with van der Waals surface area (Å²) in [6.45, 7) is 3.10. The third-order valence-corrected chi connectivity index (χ3v) is 9.68. The minimum Gasteiger partial charge on any atom is -0.507 e. The van der Waals surface area contributed by atoms with Gasteiger partial charge in [0.25, 0.3) is 5.78 Å². The zero-order chi connectivity index (χ0) is 30.9. The van der Waals surface area contributed by atoms with Crippen LogP contribution in [0.3, 0.4) is 0 Å². The number of fused-ring (bicyclic) bond motifs is 2. The summed E-state index contributed by atoms with van der Waals surface area (Å²) in [4.78, 5) is 28.7. The van der Waals surface area contributed by atoms with Crippen molar-refractivity contribution in [1.82, 2.24) is 10.2 Å². The van der Waals surface area contributed by atoms with Crippen LogP contribution in [0, 0.1) is 0 Å². The average Bonchev–Trinajstić information content (AvgIpc) is 3.65. The number of Topliss-reactive ketones (excluding diaryl/α,β-unsaturated/α-hetero) is 1. The van der Waals surface area contributed by atoms with E-state index >= 15 is 0 Å². The number of amides is 1. The normalized spacial score (nSPS) is 17.2. The summed E-state index contributed by atoms with van der Waals surface area (Å²) in [5, 5.41) is 22.9. The lowest BCUT2D eigenvalue weighted by atomic mass is 9.95. The van der Waals surface area contributed by atoms with E-state index in [2.05, 4.69) is 34.5 Å². The number of ketones is 1. The van der Waals surface area contributed by atoms with Crippen molar-refractivity contribution in [3.63, 3.8) is 0 Å². The summed E-state index contributed by atoms with van der Waals surface area (Å²) in [6, 6.07) is 25.5. The molecule has 4 aromatic carbocycles. The van der Waals surface area contributed by atoms with Crippen molar-refractivity contribution in [2.45, 2.75) is 23.1 Å². The Morgan fingerprint density at radius 3 is 2.64 bits per heavy atom. The molecular formula is C34H27N3O6S2. The molecule has 0 unspecified atom stereocenters. The quantitative estimate of drug-likeness (QED) is 0.0647. The molecule has 1 aromatic heterocycles. The van der Waals surface area contributed by atoms with Crippen LogP contribution in [0.25, 0.3) is 16.5 Å². The maximum atomic E-state index is 13.7. The van der Waals surface area contributed by atoms with Crippen molar-refractivity contribution in [1.29, 1.82) is 0 Å². The van der Waals surface area contributed by atoms with Gasteiger partial charge in [-0.15, -0.1) is 10.2 Å². The van der Waals surface area contributed by atoms with Gasteiger partial charge in [0.15, 0.2) is 15.8 Å². The molecule has 0 spiro atoms. The first kappa shape index (κ1) is 28.9. The SMILES string of the molecule is CCOc1cccc([C@@H]2/C(=C(\O)c3ccc4c(c3)OCCO4)C(=O)C(=O)N2c2nnc(SCc3cccc4ccccc34)s2)c1. The second-order valence-electron chi connectivity index (χ2n) is 10.3. The van der Waals surface area contributed by atoms with Crippen molar-refractivity contribution in [3.8, 4) is 17.2 Å². The highest BCUT2D eigenvalue weighted by atomic mass is 32.2. The first-order chi connectivity index (χ1) is 22.0. The maximum Gasteiger partial charge on any atom is 0.301 e. The lowest BCUT2D eigenvalue weighted by Gasteiger charge is -2.23. The lowest BCUT2D eigenvalue weighted by molar-refractivity contribution is -0.132. The van der Waals surface area contributed by atoms with Gasteiger partial charge in [-0.3, -0.25) is 14.5 Å². The number of aliphatic hydroxyl groups is 1. The van der Waals surface area contributed by atoms with Gasteiger partial charge in [0, 0.05) is 11.3 Å². The van der Waals surface area contributed by atoms with Crippen LogP contribution in [0.1, 0.15) is 29.7 Å². The molecule has 0 radical (unpaired) electrons. The summed E-state index contributed by atoms with van der Waals surface area (Å²) in [7, 11) is 0. The molecule has 1 atom stereocenters. The molecule has 2 aliphatic rings. The van der Waals surface area contributed by atoms with Crippen molar-refractivity contribution in [2.75, 3.05) is 24.7 Å². The molecule has 1 fully saturated rings. The fourth-order valence-corrected chi connectivity index (χ4v) is 7.42. The lowest BCUT2D eigenvalue weighted by Crippen LogP contribution is -2.29. The van der Waals surface area contributed by atoms with Crippen molar-refractivity contribution in [2.24, 2.45) is 0 Å². The van der Waals surface area contributed by atoms with Crippen LogP contribution in [0.5, 0.6) is 17.2 Å². The Morgan fingerprint density at radius 1 is 0.978 bits per heavy atom. The molecule has 5 aromatic rings. The van der Waals surface area contributed by atoms with E-state index in [1.54, 1.807) is 42.5 Å². The summed E-state index contributed by atoms with van der Waals surface area (Å²) < 4.78 is 17.7. The summed E-state index contributed by atoms with van der Waals surface area (Å²) in [6.07, 6.45) is 0. The Labute approximate surface area is 267 Å². The molecule has 1 amide bonds. The standard InChI is InChI=1S/C34H27N3O6S2/c1-2-41-24-11-6-9-21(17-24)29-28(30(38)22-13-14-26-27(18-22)43-16-15-42-26)31(39)32(40)37(29)33-35-36-34(45-33)44-19-23-10-5-8-20-7-3-4-12-25(20)23/h3-14,17-18,29,38H,2,15-16,19H2,1H3/b30-28+/t29-/m1/s1. The van der Waals surface area contributed by atoms with Gasteiger partial charge >= 0.3 is 5.91 Å². The number of rotatable bonds is 8. The predicted octanol–water partition coefficient (Wildman–Crippen LogP) is 6.78. The van der Waals surface area contributed by atoms with E-state index in [4.69, 9.17) is 14.2 Å². The van der Waals surface area contributed by atoms with E-state index in [9.17, 15) is 14.7 Å². The molecule has 0 saturated carbocycles. The van der Waals surface area contributed by atoms with E-state index in [0.717, 1.165) is 16.3 Å². The summed E-state index contributed by atoms with van der Waals surface area (Å²) in [5.41, 5.74) is 2.00. The van der Waals surface area contributed by atoms with E-state index < -0.39 is 17.7 Å². The summed E-state index contributed by atoms with van der Waals surface area (Å²) in [5.74, 6) is 0.266. The van der Waals surface area contributed by atoms with Crippen LogP contribution in [0.4, 0.5) is 5.13 Å². The second-order valence-corrected chi connectivity index (χ2v) is 12.5. The van der Waals surface area contributed by atoms with E-state index in [0.29, 0.717) is 58.3 Å². The highest BCUT2D eigenvalue weighted by Crippen LogP contribution is 2.45. The van der Waals surface area contributed by atoms with Crippen molar-refractivity contribution < 1.29 is 28.9 Å². The second kappa shape index (κ2) is 12.3. The number of ether oxygens (including phenoxy) is 3. The van der Waals surface area contributed by atoms with E-state index in [1.807, 2.05) is 25.1 Å². The van der Waals surface area contributed by atoms with Gasteiger partial charge in [-0.25, -0.2) is 0 Å². The highest BCUT2D eigenvalue weighted by molar-refractivity contribution is 8.00. The van der Waals surface area contributed by atoms with Gasteiger partial charge in [-0.2, -0.15) is 0 Å². The molecule has 0 bridgehead atoms. The molecule has 226 valence electrons. The molecule has 1 saturated heterocycles. The predicted molar refractivity (Wildman–Crippen MR) is 173 cm³/mol. The van der Waals surface area contributed by atoms with Crippen LogP contribution >= 0.6 is 23.1 Å². The molecule has 1 N–H and O–H groups in total. The molecule has 3 heterocycles. The van der Waals surface area contributed by atoms with Gasteiger partial charge in [-0.05, 0) is 59.2 Å². The van der Waals surface area contributed by atoms with Gasteiger partial charge in [0.05, 0.1) is 18.2 Å². The Bertz CT molecular complexity index is 1970. The number of hydrogen-bond acceptors (Lipinski definition) is 10. The zero-order valence-electron chi connectivity index (χ0n) is 24.1. The van der Waals surface area contributed by atoms with Crippen LogP contribution < -0.4 is 19.1 Å². The van der Waals surface area contributed by atoms with E-state index in [-0.39, 0.29) is 16.5 Å². The fraction of sp³-hybridized carbons (Fsp3) is 0.176. The fourth-order valence-electron chi connectivity index (χ4n) is 5.55. The Balaban J connectivity index is 1.26. The number of aliphatic hydroxyl groups excluding tert-OH is 1. The highest BCUT2D eigenvalue weighted by Gasteiger charge is 2.48. The monoisotopic (exact) mass is 637 g/mol. The molecule has 7 rings (SSSR count). The summed E-state index contributed by atoms with van der Waals surface area (Å²) >= 11 is 2.73. The Hall–Kier alpha value is -4.87. The van der Waals surface area contributed by atoms with Crippen LogP contribution in [0.15, 0.2) is 94.8 Å². The molecular weight excluding hydrogens is 611 g/mol. The number of hydrogen-bond donors (Lipinski definition) is 1. The molecule has 0 aliphatic carbocycles. The van der Waals surface area contributed by atoms with Gasteiger partial charge in [-0.1, -0.05) is 77.7 Å². The third-order valence-electron chi connectivity index (χ3n) is 7.58. The molecule has 45 heavy (non-hydrogen) atoms. The number of aromatic nitrogens is 2. The maximum absolute atomic E-state index is 13.7. The van der Waals surface area contributed by atoms with Crippen molar-refractivity contribution in [3.05, 3.63) is 107 Å². The number of thioether (sulfide) groups is 1.